The monoisotopic (exact) mass is 369 g/mol. The molecule has 130 valence electrons. The van der Waals surface area contributed by atoms with E-state index in [4.69, 9.17) is 21.1 Å². The van der Waals surface area contributed by atoms with E-state index in [2.05, 4.69) is 4.72 Å². The fraction of sp³-hybridized carbons (Fsp3) is 0.294. The molecule has 0 radical (unpaired) electrons. The summed E-state index contributed by atoms with van der Waals surface area (Å²) in [4.78, 5) is 0.0806. The molecule has 0 aliphatic rings. The molecule has 1 atom stereocenters. The lowest BCUT2D eigenvalue weighted by Gasteiger charge is -2.29. The Morgan fingerprint density at radius 2 is 1.83 bits per heavy atom. The van der Waals surface area contributed by atoms with Gasteiger partial charge in [-0.05, 0) is 36.8 Å². The summed E-state index contributed by atoms with van der Waals surface area (Å²) in [6, 6.07) is 13.6. The van der Waals surface area contributed by atoms with Crippen LogP contribution in [0.1, 0.15) is 12.5 Å². The average Bonchev–Trinajstić information content (AvgIpc) is 2.59. The van der Waals surface area contributed by atoms with E-state index < -0.39 is 15.6 Å². The highest BCUT2D eigenvalue weighted by Crippen LogP contribution is 2.28. The van der Waals surface area contributed by atoms with Crippen molar-refractivity contribution in [2.45, 2.75) is 17.4 Å². The molecule has 2 aromatic rings. The molecule has 0 fully saturated rings. The highest BCUT2D eigenvalue weighted by atomic mass is 35.5. The van der Waals surface area contributed by atoms with Gasteiger partial charge in [-0.1, -0.05) is 35.9 Å². The predicted octanol–water partition coefficient (Wildman–Crippen LogP) is 3.19. The number of methoxy groups -OCH3 is 2. The number of benzene rings is 2. The SMILES string of the molecule is COc1ccccc1S(=O)(=O)NCC(C)(OC)c1cccc(Cl)c1. The van der Waals surface area contributed by atoms with Gasteiger partial charge in [-0.3, -0.25) is 0 Å². The second-order valence-electron chi connectivity index (χ2n) is 5.42. The Balaban J connectivity index is 2.27. The van der Waals surface area contributed by atoms with E-state index in [1.54, 1.807) is 43.3 Å². The van der Waals surface area contributed by atoms with E-state index in [9.17, 15) is 8.42 Å². The maximum Gasteiger partial charge on any atom is 0.244 e. The van der Waals surface area contributed by atoms with Crippen molar-refractivity contribution in [2.75, 3.05) is 20.8 Å². The number of hydrogen-bond acceptors (Lipinski definition) is 4. The van der Waals surface area contributed by atoms with Gasteiger partial charge in [-0.25, -0.2) is 13.1 Å². The molecule has 1 N–H and O–H groups in total. The molecule has 0 heterocycles. The predicted molar refractivity (Wildman–Crippen MR) is 94.0 cm³/mol. The summed E-state index contributed by atoms with van der Waals surface area (Å²) in [6.45, 7) is 1.84. The second kappa shape index (κ2) is 7.53. The van der Waals surface area contributed by atoms with E-state index in [0.717, 1.165) is 5.56 Å². The van der Waals surface area contributed by atoms with Crippen molar-refractivity contribution in [1.29, 1.82) is 0 Å². The first kappa shape index (κ1) is 18.7. The first-order valence-corrected chi connectivity index (χ1v) is 9.12. The lowest BCUT2D eigenvalue weighted by Crippen LogP contribution is -2.40. The number of nitrogens with one attached hydrogen (secondary N) is 1. The molecular formula is C17H20ClNO4S. The Labute approximate surface area is 147 Å². The molecule has 0 aliphatic heterocycles. The van der Waals surface area contributed by atoms with Gasteiger partial charge in [0.05, 0.1) is 7.11 Å². The number of ether oxygens (including phenoxy) is 2. The van der Waals surface area contributed by atoms with Crippen LogP contribution in [0.2, 0.25) is 5.02 Å². The smallest absolute Gasteiger partial charge is 0.244 e. The maximum absolute atomic E-state index is 12.6. The third-order valence-corrected chi connectivity index (χ3v) is 5.52. The quantitative estimate of drug-likeness (QED) is 0.814. The van der Waals surface area contributed by atoms with Gasteiger partial charge in [0.15, 0.2) is 0 Å². The molecule has 0 amide bonds. The molecule has 2 aromatic carbocycles. The highest BCUT2D eigenvalue weighted by molar-refractivity contribution is 7.89. The summed E-state index contributed by atoms with van der Waals surface area (Å²) in [5.41, 5.74) is -0.0831. The van der Waals surface area contributed by atoms with Gasteiger partial charge >= 0.3 is 0 Å². The Kier molecular flexibility index (Phi) is 5.87. The highest BCUT2D eigenvalue weighted by Gasteiger charge is 2.30. The van der Waals surface area contributed by atoms with E-state index in [-0.39, 0.29) is 17.2 Å². The largest absolute Gasteiger partial charge is 0.495 e. The number of rotatable bonds is 7. The molecule has 0 aromatic heterocycles. The Bertz CT molecular complexity index is 810. The number of halogens is 1. The van der Waals surface area contributed by atoms with Crippen LogP contribution < -0.4 is 9.46 Å². The number of sulfonamides is 1. The number of hydrogen-bond donors (Lipinski definition) is 1. The van der Waals surface area contributed by atoms with Gasteiger partial charge < -0.3 is 9.47 Å². The summed E-state index contributed by atoms with van der Waals surface area (Å²) in [5.74, 6) is 0.284. The van der Waals surface area contributed by atoms with Gasteiger partial charge in [0.2, 0.25) is 10.0 Å². The Morgan fingerprint density at radius 1 is 1.12 bits per heavy atom. The number of para-hydroxylation sites is 1. The van der Waals surface area contributed by atoms with Crippen molar-refractivity contribution in [1.82, 2.24) is 4.72 Å². The Hall–Kier alpha value is -1.60. The van der Waals surface area contributed by atoms with Gasteiger partial charge in [0.1, 0.15) is 16.2 Å². The van der Waals surface area contributed by atoms with Gasteiger partial charge in [0, 0.05) is 18.7 Å². The first-order chi connectivity index (χ1) is 11.3. The van der Waals surface area contributed by atoms with Crippen LogP contribution in [0, 0.1) is 0 Å². The van der Waals surface area contributed by atoms with Gasteiger partial charge in [0.25, 0.3) is 0 Å². The van der Waals surface area contributed by atoms with E-state index in [1.165, 1.54) is 20.3 Å². The van der Waals surface area contributed by atoms with Crippen LogP contribution >= 0.6 is 11.6 Å². The average molecular weight is 370 g/mol. The van der Waals surface area contributed by atoms with Crippen LogP contribution in [-0.4, -0.2) is 29.2 Å². The molecule has 5 nitrogen and oxygen atoms in total. The summed E-state index contributed by atoms with van der Waals surface area (Å²) in [6.07, 6.45) is 0. The van der Waals surface area contributed by atoms with Gasteiger partial charge in [-0.15, -0.1) is 0 Å². The minimum absolute atomic E-state index is 0.0459. The lowest BCUT2D eigenvalue weighted by molar-refractivity contribution is 0.00698. The maximum atomic E-state index is 12.6. The van der Waals surface area contributed by atoms with Crippen molar-refractivity contribution in [2.24, 2.45) is 0 Å². The summed E-state index contributed by atoms with van der Waals surface area (Å²) < 4.78 is 38.5. The summed E-state index contributed by atoms with van der Waals surface area (Å²) in [5, 5.41) is 0.559. The van der Waals surface area contributed by atoms with Crippen LogP contribution in [-0.2, 0) is 20.4 Å². The molecule has 0 saturated carbocycles. The van der Waals surface area contributed by atoms with Crippen molar-refractivity contribution >= 4 is 21.6 Å². The fourth-order valence-corrected chi connectivity index (χ4v) is 3.75. The fourth-order valence-electron chi connectivity index (χ4n) is 2.26. The Morgan fingerprint density at radius 3 is 2.46 bits per heavy atom. The van der Waals surface area contributed by atoms with E-state index >= 15 is 0 Å². The van der Waals surface area contributed by atoms with Crippen LogP contribution in [0.5, 0.6) is 5.75 Å². The van der Waals surface area contributed by atoms with Crippen LogP contribution in [0.4, 0.5) is 0 Å². The molecule has 7 heteroatoms. The summed E-state index contributed by atoms with van der Waals surface area (Å²) >= 11 is 6.02. The molecular weight excluding hydrogens is 350 g/mol. The van der Waals surface area contributed by atoms with Crippen LogP contribution in [0.3, 0.4) is 0 Å². The van der Waals surface area contributed by atoms with Crippen molar-refractivity contribution in [3.05, 3.63) is 59.1 Å². The molecule has 2 rings (SSSR count). The molecule has 0 aliphatic carbocycles. The van der Waals surface area contributed by atoms with Crippen molar-refractivity contribution < 1.29 is 17.9 Å². The zero-order valence-electron chi connectivity index (χ0n) is 13.7. The van der Waals surface area contributed by atoms with Crippen molar-refractivity contribution in [3.63, 3.8) is 0 Å². The molecule has 1 unspecified atom stereocenters. The standard InChI is InChI=1S/C17H20ClNO4S/c1-17(23-3,13-7-6-8-14(18)11-13)12-19-24(20,21)16-10-5-4-9-15(16)22-2/h4-11,19H,12H2,1-3H3. The minimum atomic E-state index is -3.75. The molecule has 0 spiro atoms. The zero-order chi connectivity index (χ0) is 17.8. The van der Waals surface area contributed by atoms with Gasteiger partial charge in [-0.2, -0.15) is 0 Å². The first-order valence-electron chi connectivity index (χ1n) is 7.26. The van der Waals surface area contributed by atoms with Crippen LogP contribution in [0.25, 0.3) is 0 Å². The van der Waals surface area contributed by atoms with Crippen molar-refractivity contribution in [3.8, 4) is 5.75 Å². The van der Waals surface area contributed by atoms with Crippen LogP contribution in [0.15, 0.2) is 53.4 Å². The minimum Gasteiger partial charge on any atom is -0.495 e. The third kappa shape index (κ3) is 4.08. The molecule has 0 saturated heterocycles. The normalized spacial score (nSPS) is 14.2. The summed E-state index contributed by atoms with van der Waals surface area (Å²) in [7, 11) is -0.796. The molecule has 0 bridgehead atoms. The topological polar surface area (TPSA) is 64.6 Å². The third-order valence-electron chi connectivity index (χ3n) is 3.84. The van der Waals surface area contributed by atoms with E-state index in [1.807, 2.05) is 6.07 Å². The zero-order valence-corrected chi connectivity index (χ0v) is 15.3. The second-order valence-corrected chi connectivity index (χ2v) is 7.59. The molecule has 24 heavy (non-hydrogen) atoms. The lowest BCUT2D eigenvalue weighted by atomic mass is 9.96. The van der Waals surface area contributed by atoms with E-state index in [0.29, 0.717) is 5.02 Å².